The van der Waals surface area contributed by atoms with E-state index < -0.39 is 0 Å². The van der Waals surface area contributed by atoms with Crippen LogP contribution in [0, 0.1) is 0 Å². The van der Waals surface area contributed by atoms with E-state index in [0.717, 1.165) is 35.9 Å². The SMILES string of the molecule is O=c1c(CCCc2ccncc2)cc2cccnc2n1-c1ccncc1. The highest BCUT2D eigenvalue weighted by molar-refractivity contribution is 5.77. The molecule has 0 aliphatic rings. The van der Waals surface area contributed by atoms with Crippen molar-refractivity contribution in [3.05, 3.63) is 94.9 Å². The lowest BCUT2D eigenvalue weighted by atomic mass is 10.0. The van der Waals surface area contributed by atoms with Gasteiger partial charge in [0.1, 0.15) is 5.65 Å². The maximum absolute atomic E-state index is 13.1. The molecule has 4 heterocycles. The highest BCUT2D eigenvalue weighted by Gasteiger charge is 2.11. The molecule has 4 rings (SSSR count). The van der Waals surface area contributed by atoms with E-state index in [1.165, 1.54) is 5.56 Å². The van der Waals surface area contributed by atoms with Gasteiger partial charge in [0.05, 0.1) is 5.69 Å². The van der Waals surface area contributed by atoms with Crippen LogP contribution in [0.2, 0.25) is 0 Å². The van der Waals surface area contributed by atoms with Crippen LogP contribution in [0.1, 0.15) is 17.5 Å². The van der Waals surface area contributed by atoms with Gasteiger partial charge in [0.25, 0.3) is 5.56 Å². The summed E-state index contributed by atoms with van der Waals surface area (Å²) in [5.41, 5.74) is 3.47. The summed E-state index contributed by atoms with van der Waals surface area (Å²) in [6.07, 6.45) is 11.2. The van der Waals surface area contributed by atoms with E-state index in [2.05, 4.69) is 15.0 Å². The van der Waals surface area contributed by atoms with Crippen molar-refractivity contribution < 1.29 is 0 Å². The second kappa shape index (κ2) is 7.27. The summed E-state index contributed by atoms with van der Waals surface area (Å²) >= 11 is 0. The molecule has 0 aliphatic carbocycles. The number of aromatic nitrogens is 4. The standard InChI is InChI=1S/C21H18N4O/c26-21-18(4-1-3-16-6-11-22-12-7-16)15-17-5-2-10-24-20(17)25(21)19-8-13-23-14-9-19/h2,5-15H,1,3-4H2. The van der Waals surface area contributed by atoms with Crippen LogP contribution in [0.3, 0.4) is 0 Å². The van der Waals surface area contributed by atoms with Crippen LogP contribution < -0.4 is 5.56 Å². The van der Waals surface area contributed by atoms with Gasteiger partial charge in [-0.05, 0) is 67.3 Å². The van der Waals surface area contributed by atoms with Crippen LogP contribution in [0.4, 0.5) is 0 Å². The zero-order valence-corrected chi connectivity index (χ0v) is 14.2. The first-order valence-electron chi connectivity index (χ1n) is 8.62. The lowest BCUT2D eigenvalue weighted by molar-refractivity contribution is 0.802. The zero-order valence-electron chi connectivity index (χ0n) is 14.2. The molecule has 0 saturated heterocycles. The van der Waals surface area contributed by atoms with Gasteiger partial charge in [-0.1, -0.05) is 0 Å². The van der Waals surface area contributed by atoms with Gasteiger partial charge in [-0.3, -0.25) is 19.3 Å². The van der Waals surface area contributed by atoms with Crippen molar-refractivity contribution >= 4 is 11.0 Å². The Hall–Kier alpha value is -3.34. The summed E-state index contributed by atoms with van der Waals surface area (Å²) in [5.74, 6) is 0. The third kappa shape index (κ3) is 3.24. The molecule has 0 unspecified atom stereocenters. The first kappa shape index (κ1) is 16.1. The Labute approximate surface area is 151 Å². The maximum Gasteiger partial charge on any atom is 0.259 e. The summed E-state index contributed by atoms with van der Waals surface area (Å²) in [5, 5.41) is 0.961. The molecule has 26 heavy (non-hydrogen) atoms. The fourth-order valence-corrected chi connectivity index (χ4v) is 3.14. The first-order chi connectivity index (χ1) is 12.8. The lowest BCUT2D eigenvalue weighted by Gasteiger charge is -2.12. The van der Waals surface area contributed by atoms with Crippen molar-refractivity contribution in [2.75, 3.05) is 0 Å². The highest BCUT2D eigenvalue weighted by Crippen LogP contribution is 2.16. The number of hydrogen-bond donors (Lipinski definition) is 0. The minimum Gasteiger partial charge on any atom is -0.269 e. The molecule has 4 aromatic rings. The van der Waals surface area contributed by atoms with Gasteiger partial charge >= 0.3 is 0 Å². The Morgan fingerprint density at radius 3 is 2.35 bits per heavy atom. The predicted molar refractivity (Wildman–Crippen MR) is 101 cm³/mol. The summed E-state index contributed by atoms with van der Waals surface area (Å²) in [7, 11) is 0. The molecule has 0 radical (unpaired) electrons. The van der Waals surface area contributed by atoms with E-state index in [0.29, 0.717) is 5.65 Å². The third-order valence-corrected chi connectivity index (χ3v) is 4.42. The van der Waals surface area contributed by atoms with Gasteiger partial charge < -0.3 is 0 Å². The summed E-state index contributed by atoms with van der Waals surface area (Å²) in [6, 6.07) is 13.5. The van der Waals surface area contributed by atoms with Gasteiger partial charge in [-0.25, -0.2) is 4.98 Å². The van der Waals surface area contributed by atoms with Crippen LogP contribution in [-0.2, 0) is 12.8 Å². The molecule has 0 atom stereocenters. The summed E-state index contributed by atoms with van der Waals surface area (Å²) in [6.45, 7) is 0. The number of nitrogens with zero attached hydrogens (tertiary/aromatic N) is 4. The Kier molecular flexibility index (Phi) is 4.51. The van der Waals surface area contributed by atoms with Crippen LogP contribution in [0.25, 0.3) is 16.7 Å². The normalized spacial score (nSPS) is 10.9. The number of aryl methyl sites for hydroxylation is 2. The molecule has 0 N–H and O–H groups in total. The van der Waals surface area contributed by atoms with E-state index in [9.17, 15) is 4.79 Å². The van der Waals surface area contributed by atoms with Gasteiger partial charge in [0, 0.05) is 41.9 Å². The van der Waals surface area contributed by atoms with E-state index in [1.54, 1.807) is 35.6 Å². The molecule has 128 valence electrons. The van der Waals surface area contributed by atoms with Crippen LogP contribution in [0.15, 0.2) is 78.2 Å². The Balaban J connectivity index is 1.71. The molecule has 0 amide bonds. The first-order valence-corrected chi connectivity index (χ1v) is 8.62. The fraction of sp³-hybridized carbons (Fsp3) is 0.143. The molecule has 5 heteroatoms. The van der Waals surface area contributed by atoms with Crippen LogP contribution >= 0.6 is 0 Å². The van der Waals surface area contributed by atoms with Crippen molar-refractivity contribution in [1.29, 1.82) is 0 Å². The number of hydrogen-bond acceptors (Lipinski definition) is 4. The second-order valence-electron chi connectivity index (χ2n) is 6.14. The van der Waals surface area contributed by atoms with E-state index in [1.807, 2.05) is 42.5 Å². The molecular weight excluding hydrogens is 324 g/mol. The summed E-state index contributed by atoms with van der Waals surface area (Å²) in [4.78, 5) is 25.6. The largest absolute Gasteiger partial charge is 0.269 e. The Morgan fingerprint density at radius 1 is 0.846 bits per heavy atom. The van der Waals surface area contributed by atoms with Gasteiger partial charge in [-0.15, -0.1) is 0 Å². The highest BCUT2D eigenvalue weighted by atomic mass is 16.1. The lowest BCUT2D eigenvalue weighted by Crippen LogP contribution is -2.23. The monoisotopic (exact) mass is 342 g/mol. The maximum atomic E-state index is 13.1. The Morgan fingerprint density at radius 2 is 1.58 bits per heavy atom. The van der Waals surface area contributed by atoms with Crippen molar-refractivity contribution in [1.82, 2.24) is 19.5 Å². The van der Waals surface area contributed by atoms with Crippen LogP contribution in [0.5, 0.6) is 0 Å². The van der Waals surface area contributed by atoms with Crippen molar-refractivity contribution in [3.63, 3.8) is 0 Å². The van der Waals surface area contributed by atoms with E-state index >= 15 is 0 Å². The molecule has 5 nitrogen and oxygen atoms in total. The molecule has 0 aromatic carbocycles. The smallest absolute Gasteiger partial charge is 0.259 e. The van der Waals surface area contributed by atoms with E-state index in [4.69, 9.17) is 0 Å². The average Bonchev–Trinajstić information content (AvgIpc) is 2.70. The van der Waals surface area contributed by atoms with Gasteiger partial charge in [0.15, 0.2) is 0 Å². The van der Waals surface area contributed by atoms with Crippen molar-refractivity contribution in [2.45, 2.75) is 19.3 Å². The predicted octanol–water partition coefficient (Wildman–Crippen LogP) is 3.35. The molecule has 0 bridgehead atoms. The summed E-state index contributed by atoms with van der Waals surface area (Å²) < 4.78 is 1.68. The molecule has 0 saturated carbocycles. The minimum atomic E-state index is -0.0165. The minimum absolute atomic E-state index is 0.0165. The Bertz CT molecular complexity index is 1080. The van der Waals surface area contributed by atoms with Crippen molar-refractivity contribution in [2.24, 2.45) is 0 Å². The molecule has 4 aromatic heterocycles. The number of pyridine rings is 4. The number of rotatable bonds is 5. The fourth-order valence-electron chi connectivity index (χ4n) is 3.14. The van der Waals surface area contributed by atoms with Crippen molar-refractivity contribution in [3.8, 4) is 5.69 Å². The average molecular weight is 342 g/mol. The van der Waals surface area contributed by atoms with E-state index in [-0.39, 0.29) is 5.56 Å². The topological polar surface area (TPSA) is 60.7 Å². The quantitative estimate of drug-likeness (QED) is 0.558. The number of fused-ring (bicyclic) bond motifs is 1. The molecule has 0 fully saturated rings. The molecule has 0 aliphatic heterocycles. The second-order valence-corrected chi connectivity index (χ2v) is 6.14. The molecular formula is C21H18N4O. The zero-order chi connectivity index (χ0) is 17.8. The van der Waals surface area contributed by atoms with Gasteiger partial charge in [-0.2, -0.15) is 0 Å². The van der Waals surface area contributed by atoms with Crippen LogP contribution in [-0.4, -0.2) is 19.5 Å². The van der Waals surface area contributed by atoms with Gasteiger partial charge in [0.2, 0.25) is 0 Å². The third-order valence-electron chi connectivity index (χ3n) is 4.42. The molecule has 0 spiro atoms.